The Labute approximate surface area is 89.7 Å². The van der Waals surface area contributed by atoms with E-state index in [2.05, 4.69) is 27.5 Å². The lowest BCUT2D eigenvalue weighted by molar-refractivity contribution is 0.194. The molecule has 0 aliphatic carbocycles. The number of thiocarbonyl (C=S) groups is 1. The van der Waals surface area contributed by atoms with Gasteiger partial charge in [-0.25, -0.2) is 4.79 Å². The van der Waals surface area contributed by atoms with Crippen LogP contribution in [0.25, 0.3) is 10.9 Å². The second-order valence-electron chi connectivity index (χ2n) is 2.79. The Morgan fingerprint density at radius 3 is 3.07 bits per heavy atom. The van der Waals surface area contributed by atoms with Crippen molar-refractivity contribution in [2.75, 3.05) is 0 Å². The van der Waals surface area contributed by atoms with Gasteiger partial charge in [0.25, 0.3) is 0 Å². The first-order chi connectivity index (χ1) is 7.22. The third-order valence-corrected chi connectivity index (χ3v) is 2.00. The average molecular weight is 219 g/mol. The van der Waals surface area contributed by atoms with Crippen LogP contribution in [0, 0.1) is 0 Å². The molecule has 0 fully saturated rings. The quantitative estimate of drug-likeness (QED) is 0.590. The van der Waals surface area contributed by atoms with E-state index in [4.69, 9.17) is 5.11 Å². The molecule has 6 heteroatoms. The first-order valence-electron chi connectivity index (χ1n) is 4.01. The van der Waals surface area contributed by atoms with Crippen molar-refractivity contribution < 1.29 is 9.90 Å². The second-order valence-corrected chi connectivity index (χ2v) is 2.97. The lowest BCUT2D eigenvalue weighted by Crippen LogP contribution is -2.08. The van der Waals surface area contributed by atoms with Gasteiger partial charge in [0.2, 0.25) is 0 Å². The first-order valence-corrected chi connectivity index (χ1v) is 4.42. The van der Waals surface area contributed by atoms with Crippen LogP contribution in [0.2, 0.25) is 0 Å². The van der Waals surface area contributed by atoms with Crippen LogP contribution in [0.1, 0.15) is 0 Å². The molecule has 5 nitrogen and oxygen atoms in total. The van der Waals surface area contributed by atoms with E-state index in [1.807, 2.05) is 0 Å². The number of aromatic nitrogens is 2. The van der Waals surface area contributed by atoms with Crippen LogP contribution in [-0.2, 0) is 0 Å². The van der Waals surface area contributed by atoms with Gasteiger partial charge in [0, 0.05) is 5.39 Å². The molecule has 0 saturated heterocycles. The van der Waals surface area contributed by atoms with E-state index in [0.29, 0.717) is 16.6 Å². The van der Waals surface area contributed by atoms with Gasteiger partial charge in [0.1, 0.15) is 0 Å². The summed E-state index contributed by atoms with van der Waals surface area (Å²) in [6, 6.07) is 4.98. The van der Waals surface area contributed by atoms with Crippen molar-refractivity contribution in [1.82, 2.24) is 9.78 Å². The van der Waals surface area contributed by atoms with E-state index >= 15 is 0 Å². The van der Waals surface area contributed by atoms with E-state index in [0.717, 1.165) is 4.68 Å². The molecule has 1 N–H and O–H groups in total. The molecule has 2 rings (SSSR count). The fourth-order valence-electron chi connectivity index (χ4n) is 1.30. The third-order valence-electron chi connectivity index (χ3n) is 1.91. The molecule has 0 amide bonds. The van der Waals surface area contributed by atoms with Gasteiger partial charge < -0.3 is 5.11 Å². The van der Waals surface area contributed by atoms with Crippen molar-refractivity contribution in [3.05, 3.63) is 24.4 Å². The van der Waals surface area contributed by atoms with Crippen LogP contribution in [0.5, 0.6) is 0 Å². The summed E-state index contributed by atoms with van der Waals surface area (Å²) >= 11 is 4.47. The standard InChI is InChI=1S/C9H5N3O2S/c13-9(14)12-8-2-1-7(10-5-15)3-6(8)4-11-12/h1-4H,(H,13,14). The number of carboxylic acid groups (broad SMARTS) is 1. The smallest absolute Gasteiger partial charge is 0.432 e. The highest BCUT2D eigenvalue weighted by Gasteiger charge is 2.08. The van der Waals surface area contributed by atoms with Gasteiger partial charge in [-0.15, -0.1) is 0 Å². The fraction of sp³-hybridized carbons (Fsp3) is 0. The van der Waals surface area contributed by atoms with Gasteiger partial charge in [-0.3, -0.25) is 0 Å². The minimum atomic E-state index is -1.11. The molecule has 0 unspecified atom stereocenters. The summed E-state index contributed by atoms with van der Waals surface area (Å²) in [6.45, 7) is 0. The van der Waals surface area contributed by atoms with Crippen LogP contribution >= 0.6 is 12.2 Å². The number of nitrogens with zero attached hydrogens (tertiary/aromatic N) is 3. The zero-order chi connectivity index (χ0) is 10.8. The summed E-state index contributed by atoms with van der Waals surface area (Å²) in [7, 11) is 0. The number of carbonyl (C=O) groups is 1. The molecule has 0 aliphatic rings. The van der Waals surface area contributed by atoms with E-state index in [9.17, 15) is 4.79 Å². The molecular formula is C9H5N3O2S. The molecule has 74 valence electrons. The summed E-state index contributed by atoms with van der Waals surface area (Å²) in [4.78, 5) is 14.5. The number of rotatable bonds is 1. The molecule has 0 bridgehead atoms. The van der Waals surface area contributed by atoms with E-state index in [1.165, 1.54) is 6.20 Å². The molecular weight excluding hydrogens is 214 g/mol. The van der Waals surface area contributed by atoms with E-state index < -0.39 is 6.09 Å². The molecule has 1 heterocycles. The van der Waals surface area contributed by atoms with Gasteiger partial charge in [0.05, 0.1) is 22.6 Å². The Morgan fingerprint density at radius 2 is 2.40 bits per heavy atom. The van der Waals surface area contributed by atoms with E-state index in [-0.39, 0.29) is 0 Å². The van der Waals surface area contributed by atoms with Crippen molar-refractivity contribution in [1.29, 1.82) is 0 Å². The summed E-state index contributed by atoms with van der Waals surface area (Å²) in [5.74, 6) is 0. The first kappa shape index (κ1) is 9.51. The Hall–Kier alpha value is -2.04. The Balaban J connectivity index is 2.66. The fourth-order valence-corrected chi connectivity index (χ4v) is 1.40. The summed E-state index contributed by atoms with van der Waals surface area (Å²) in [5, 5.41) is 15.5. The zero-order valence-corrected chi connectivity index (χ0v) is 8.23. The molecule has 1 aromatic heterocycles. The maximum absolute atomic E-state index is 10.7. The SMILES string of the molecule is O=C(O)n1ncc2cc(N=C=S)ccc21. The van der Waals surface area contributed by atoms with Crippen molar-refractivity contribution >= 4 is 40.1 Å². The number of isothiocyanates is 1. The number of aliphatic imine (C=N–C) groups is 1. The van der Waals surface area contributed by atoms with Gasteiger partial charge in [-0.2, -0.15) is 14.8 Å². The molecule has 1 aromatic carbocycles. The summed E-state index contributed by atoms with van der Waals surface area (Å²) in [5.41, 5.74) is 1.15. The van der Waals surface area contributed by atoms with Gasteiger partial charge in [0.15, 0.2) is 0 Å². The Morgan fingerprint density at radius 1 is 1.60 bits per heavy atom. The highest BCUT2D eigenvalue weighted by molar-refractivity contribution is 7.78. The third kappa shape index (κ3) is 1.63. The van der Waals surface area contributed by atoms with Crippen molar-refractivity contribution in [3.63, 3.8) is 0 Å². The molecule has 0 aliphatic heterocycles. The van der Waals surface area contributed by atoms with Crippen LogP contribution in [0.4, 0.5) is 10.5 Å². The lowest BCUT2D eigenvalue weighted by Gasteiger charge is -1.95. The Bertz CT molecular complexity index is 584. The predicted molar refractivity (Wildman–Crippen MR) is 57.8 cm³/mol. The molecule has 0 saturated carbocycles. The Kier molecular flexibility index (Phi) is 2.29. The van der Waals surface area contributed by atoms with Crippen LogP contribution in [0.3, 0.4) is 0 Å². The summed E-state index contributed by atoms with van der Waals surface area (Å²) < 4.78 is 0.903. The maximum Gasteiger partial charge on any atom is 0.432 e. The lowest BCUT2D eigenvalue weighted by atomic mass is 10.2. The number of fused-ring (bicyclic) bond motifs is 1. The minimum Gasteiger partial charge on any atom is -0.463 e. The summed E-state index contributed by atoms with van der Waals surface area (Å²) in [6.07, 6.45) is 0.349. The van der Waals surface area contributed by atoms with Crippen LogP contribution in [0.15, 0.2) is 29.4 Å². The maximum atomic E-state index is 10.7. The molecule has 0 spiro atoms. The monoisotopic (exact) mass is 219 g/mol. The highest BCUT2D eigenvalue weighted by atomic mass is 32.1. The van der Waals surface area contributed by atoms with E-state index in [1.54, 1.807) is 18.2 Å². The van der Waals surface area contributed by atoms with Crippen molar-refractivity contribution in [2.24, 2.45) is 4.99 Å². The second kappa shape index (κ2) is 3.61. The van der Waals surface area contributed by atoms with Crippen molar-refractivity contribution in [3.8, 4) is 0 Å². The highest BCUT2D eigenvalue weighted by Crippen LogP contribution is 2.20. The predicted octanol–water partition coefficient (Wildman–Crippen LogP) is 2.30. The molecule has 2 aromatic rings. The molecule has 0 atom stereocenters. The van der Waals surface area contributed by atoms with Crippen LogP contribution < -0.4 is 0 Å². The van der Waals surface area contributed by atoms with Gasteiger partial charge in [-0.05, 0) is 30.4 Å². The minimum absolute atomic E-state index is 0.519. The number of hydrogen-bond donors (Lipinski definition) is 1. The average Bonchev–Trinajstić information content (AvgIpc) is 2.61. The largest absolute Gasteiger partial charge is 0.463 e. The topological polar surface area (TPSA) is 67.5 Å². The number of hydrogen-bond acceptors (Lipinski definition) is 4. The molecule has 0 radical (unpaired) electrons. The number of benzene rings is 1. The van der Waals surface area contributed by atoms with Crippen molar-refractivity contribution in [2.45, 2.75) is 0 Å². The van der Waals surface area contributed by atoms with Gasteiger partial charge in [-0.1, -0.05) is 0 Å². The molecule has 15 heavy (non-hydrogen) atoms. The van der Waals surface area contributed by atoms with Crippen LogP contribution in [-0.4, -0.2) is 26.1 Å². The zero-order valence-electron chi connectivity index (χ0n) is 7.41. The normalized spacial score (nSPS) is 9.87. The van der Waals surface area contributed by atoms with Gasteiger partial charge >= 0.3 is 6.09 Å².